The van der Waals surface area contributed by atoms with Crippen LogP contribution in [0.5, 0.6) is 0 Å². The predicted octanol–water partition coefficient (Wildman–Crippen LogP) is -2.26. The van der Waals surface area contributed by atoms with Gasteiger partial charge in [-0.15, -0.1) is 0 Å². The highest BCUT2D eigenvalue weighted by atomic mass is 16.8. The van der Waals surface area contributed by atoms with E-state index in [2.05, 4.69) is 15.0 Å². The van der Waals surface area contributed by atoms with E-state index in [1.807, 2.05) is 30.3 Å². The summed E-state index contributed by atoms with van der Waals surface area (Å²) in [4.78, 5) is 28.4. The van der Waals surface area contributed by atoms with Gasteiger partial charge in [0.25, 0.3) is 12.1 Å². The molecule has 1 aliphatic heterocycles. The van der Waals surface area contributed by atoms with Crippen LogP contribution in [0, 0.1) is 0 Å². The molecule has 1 aromatic carbocycles. The number of nitrogens with one attached hydrogen (secondary N) is 1. The lowest BCUT2D eigenvalue weighted by molar-refractivity contribution is -0.897. The van der Waals surface area contributed by atoms with Gasteiger partial charge in [0.2, 0.25) is 5.82 Å². The van der Waals surface area contributed by atoms with Crippen LogP contribution in [0.25, 0.3) is 11.2 Å². The zero-order chi connectivity index (χ0) is 21.4. The molecule has 0 amide bonds. The topological polar surface area (TPSA) is 188 Å². The van der Waals surface area contributed by atoms with Gasteiger partial charge in [-0.2, -0.15) is 0 Å². The van der Waals surface area contributed by atoms with Crippen molar-refractivity contribution in [1.29, 1.82) is 0 Å². The van der Waals surface area contributed by atoms with Gasteiger partial charge in [-0.05, 0) is 10.3 Å². The van der Waals surface area contributed by atoms with Crippen molar-refractivity contribution in [3.05, 3.63) is 48.0 Å². The molecule has 158 valence electrons. The summed E-state index contributed by atoms with van der Waals surface area (Å²) in [5, 5.41) is 39.4. The first-order valence-corrected chi connectivity index (χ1v) is 9.04. The maximum Gasteiger partial charge on any atom is 0.335 e. The van der Waals surface area contributed by atoms with Crippen LogP contribution in [0.15, 0.2) is 36.7 Å². The number of carboxylic acids is 1. The monoisotopic (exact) mass is 418 g/mol. The Hall–Kier alpha value is -3.32. The fourth-order valence-corrected chi connectivity index (χ4v) is 3.24. The number of nitrogens with two attached hydrogens (primary N) is 1. The third kappa shape index (κ3) is 3.52. The van der Waals surface area contributed by atoms with Crippen LogP contribution in [-0.4, -0.2) is 72.1 Å². The quantitative estimate of drug-likeness (QED) is 0.247. The van der Waals surface area contributed by atoms with E-state index >= 15 is 0 Å². The Labute approximate surface area is 169 Å². The number of aliphatic hydroxyl groups excluding tert-OH is 3. The Balaban J connectivity index is 1.74. The number of carboxylic acid groups (broad SMARTS) is 1. The number of nitrogen functional groups attached to an aromatic ring is 1. The maximum atomic E-state index is 11.4. The molecule has 1 aliphatic rings. The molecule has 7 N–H and O–H groups in total. The van der Waals surface area contributed by atoms with E-state index < -0.39 is 36.7 Å². The first-order valence-electron chi connectivity index (χ1n) is 9.04. The Kier molecular flexibility index (Phi) is 5.22. The number of aliphatic carboxylic acids is 1. The van der Waals surface area contributed by atoms with E-state index in [1.54, 1.807) is 0 Å². The molecular formula is C18H20N5O7+. The highest BCUT2D eigenvalue weighted by Gasteiger charge is 2.49. The Morgan fingerprint density at radius 3 is 2.63 bits per heavy atom. The van der Waals surface area contributed by atoms with E-state index in [9.17, 15) is 25.2 Å². The molecule has 5 atom stereocenters. The number of hydrogen-bond acceptors (Lipinski definition) is 9. The summed E-state index contributed by atoms with van der Waals surface area (Å²) in [5.41, 5.74) is 7.45. The lowest BCUT2D eigenvalue weighted by atomic mass is 9.99. The van der Waals surface area contributed by atoms with Crippen LogP contribution >= 0.6 is 0 Å². The van der Waals surface area contributed by atoms with E-state index in [0.29, 0.717) is 11.3 Å². The molecule has 2 aromatic heterocycles. The average Bonchev–Trinajstić information content (AvgIpc) is 3.22. The molecule has 3 heterocycles. The number of benzene rings is 1. The number of hydrogen-bond donors (Lipinski definition) is 6. The number of rotatable bonds is 5. The second-order valence-corrected chi connectivity index (χ2v) is 6.81. The van der Waals surface area contributed by atoms with Crippen LogP contribution in [0.1, 0.15) is 11.4 Å². The summed E-state index contributed by atoms with van der Waals surface area (Å²) in [7, 11) is 0. The number of aromatic amines is 1. The van der Waals surface area contributed by atoms with Crippen molar-refractivity contribution < 1.29 is 39.5 Å². The zero-order valence-corrected chi connectivity index (χ0v) is 15.5. The largest absolute Gasteiger partial charge is 0.479 e. The normalized spacial score (nSPS) is 26.6. The van der Waals surface area contributed by atoms with E-state index in [-0.39, 0.29) is 17.9 Å². The molecule has 4 rings (SSSR count). The van der Waals surface area contributed by atoms with Gasteiger partial charge in [0, 0.05) is 0 Å². The Morgan fingerprint density at radius 2 is 1.93 bits per heavy atom. The molecular weight excluding hydrogens is 398 g/mol. The summed E-state index contributed by atoms with van der Waals surface area (Å²) in [6, 6.07) is 9.28. The van der Waals surface area contributed by atoms with Gasteiger partial charge in [0.15, 0.2) is 17.9 Å². The molecule has 12 nitrogen and oxygen atoms in total. The highest BCUT2D eigenvalue weighted by Crippen LogP contribution is 2.21. The van der Waals surface area contributed by atoms with Crippen LogP contribution < -0.4 is 15.3 Å². The molecule has 0 aliphatic carbocycles. The van der Waals surface area contributed by atoms with E-state index in [0.717, 1.165) is 10.3 Å². The highest BCUT2D eigenvalue weighted by molar-refractivity contribution is 5.78. The van der Waals surface area contributed by atoms with Crippen LogP contribution in [0.3, 0.4) is 0 Å². The van der Waals surface area contributed by atoms with Gasteiger partial charge < -0.3 is 40.7 Å². The number of H-pyrrole nitrogens is 1. The number of fused-ring (bicyclic) bond motifs is 1. The van der Waals surface area contributed by atoms with Gasteiger partial charge in [-0.25, -0.2) is 4.79 Å². The van der Waals surface area contributed by atoms with Crippen molar-refractivity contribution in [2.45, 2.75) is 37.1 Å². The molecule has 12 heteroatoms. The summed E-state index contributed by atoms with van der Waals surface area (Å²) in [6.07, 6.45) is -7.17. The molecule has 0 radical (unpaired) electrons. The number of nitrogens with zero attached hydrogens (tertiary/aromatic N) is 3. The van der Waals surface area contributed by atoms with Crippen molar-refractivity contribution in [3.8, 4) is 0 Å². The molecule has 1 unspecified atom stereocenters. The number of ether oxygens (including phenoxy) is 1. The van der Waals surface area contributed by atoms with Crippen molar-refractivity contribution in [2.75, 3.05) is 5.73 Å². The van der Waals surface area contributed by atoms with E-state index in [1.165, 1.54) is 6.33 Å². The summed E-state index contributed by atoms with van der Waals surface area (Å²) >= 11 is 0. The zero-order valence-electron chi connectivity index (χ0n) is 15.5. The number of aromatic nitrogens is 4. The number of imidazole rings is 1. The lowest BCUT2D eigenvalue weighted by Gasteiger charge is -2.37. The van der Waals surface area contributed by atoms with Crippen molar-refractivity contribution in [2.24, 2.45) is 0 Å². The predicted molar refractivity (Wildman–Crippen MR) is 98.6 cm³/mol. The van der Waals surface area contributed by atoms with Crippen LogP contribution in [0.4, 0.5) is 5.82 Å². The second-order valence-electron chi connectivity index (χ2n) is 6.81. The first kappa shape index (κ1) is 20.0. The molecule has 0 spiro atoms. The fourth-order valence-electron chi connectivity index (χ4n) is 3.24. The van der Waals surface area contributed by atoms with Crippen molar-refractivity contribution in [3.63, 3.8) is 0 Å². The van der Waals surface area contributed by atoms with Gasteiger partial charge >= 0.3 is 11.6 Å². The molecule has 30 heavy (non-hydrogen) atoms. The Bertz CT molecular complexity index is 1060. The number of aliphatic hydroxyl groups is 3. The minimum atomic E-state index is -1.83. The molecule has 0 saturated carbocycles. The van der Waals surface area contributed by atoms with Gasteiger partial charge in [0.1, 0.15) is 18.3 Å². The molecule has 3 aromatic rings. The first-order chi connectivity index (χ1) is 14.4. The number of anilines is 1. The lowest BCUT2D eigenvalue weighted by Crippen LogP contribution is -2.66. The standard InChI is InChI=1S/C18H19N5O7/c19-15-10-16(21-7-20-10)23(9(22-15)6-8-4-2-1-3-5-8)30-18-13(26)11(24)12(25)14(29-18)17(27)28/h1-5,7,11-14,18,24-26H,6H2,(H3,19,20,21,27,28)/p+1/t11-,12-,13+,14-,18?/m0/s1. The minimum Gasteiger partial charge on any atom is -0.479 e. The molecule has 1 fully saturated rings. The smallest absolute Gasteiger partial charge is 0.335 e. The number of carbonyl (C=O) groups is 1. The molecule has 1 saturated heterocycles. The van der Waals surface area contributed by atoms with Crippen LogP contribution in [-0.2, 0) is 16.0 Å². The second kappa shape index (κ2) is 7.84. The summed E-state index contributed by atoms with van der Waals surface area (Å²) in [6.45, 7) is 0. The third-order valence-electron chi connectivity index (χ3n) is 4.78. The maximum absolute atomic E-state index is 11.4. The fraction of sp³-hybridized carbons (Fsp3) is 0.333. The summed E-state index contributed by atoms with van der Waals surface area (Å²) in [5.74, 6) is -1.06. The minimum absolute atomic E-state index is 0.164. The van der Waals surface area contributed by atoms with E-state index in [4.69, 9.17) is 15.3 Å². The average molecular weight is 418 g/mol. The summed E-state index contributed by atoms with van der Waals surface area (Å²) < 4.78 is 6.37. The van der Waals surface area contributed by atoms with Crippen LogP contribution in [0.2, 0.25) is 0 Å². The SMILES string of the molecule is Nc1nc(Cc2ccccc2)[n+](OC2O[C@H](C(=O)O)[C@@H](O)[C@H](O)[C@H]2O)c2nc[nH]c12. The van der Waals surface area contributed by atoms with Gasteiger partial charge in [-0.1, -0.05) is 40.3 Å². The van der Waals surface area contributed by atoms with Gasteiger partial charge in [0.05, 0.1) is 6.42 Å². The molecule has 0 bridgehead atoms. The Morgan fingerprint density at radius 1 is 1.20 bits per heavy atom. The van der Waals surface area contributed by atoms with Crippen molar-refractivity contribution >= 4 is 23.0 Å². The third-order valence-corrected chi connectivity index (χ3v) is 4.78. The van der Waals surface area contributed by atoms with Crippen molar-refractivity contribution in [1.82, 2.24) is 15.0 Å². The van der Waals surface area contributed by atoms with Gasteiger partial charge in [-0.3, -0.25) is 0 Å².